The minimum atomic E-state index is -0.194. The SMILES string of the molecule is CCC(NC(=O)C(C)SCc1nc2sc(C)c(C)c2c(=O)[nH]1)C(C)C. The molecular formula is C18H27N3O2S2. The van der Waals surface area contributed by atoms with E-state index in [9.17, 15) is 9.59 Å². The molecule has 138 valence electrons. The second kappa shape index (κ2) is 8.36. The summed E-state index contributed by atoms with van der Waals surface area (Å²) < 4.78 is 0. The number of carbonyl (C=O) groups is 1. The summed E-state index contributed by atoms with van der Waals surface area (Å²) in [7, 11) is 0. The van der Waals surface area contributed by atoms with Crippen molar-refractivity contribution in [2.75, 3.05) is 0 Å². The van der Waals surface area contributed by atoms with Gasteiger partial charge in [-0.3, -0.25) is 9.59 Å². The zero-order chi connectivity index (χ0) is 18.7. The maximum Gasteiger partial charge on any atom is 0.259 e. The number of nitrogens with one attached hydrogen (secondary N) is 2. The Morgan fingerprint density at radius 1 is 1.32 bits per heavy atom. The average molecular weight is 382 g/mol. The molecule has 2 unspecified atom stereocenters. The van der Waals surface area contributed by atoms with Crippen molar-refractivity contribution in [3.8, 4) is 0 Å². The number of carbonyl (C=O) groups excluding carboxylic acids is 1. The van der Waals surface area contributed by atoms with Crippen LogP contribution in [0.2, 0.25) is 0 Å². The lowest BCUT2D eigenvalue weighted by molar-refractivity contribution is -0.121. The molecule has 0 aliphatic carbocycles. The van der Waals surface area contributed by atoms with E-state index >= 15 is 0 Å². The van der Waals surface area contributed by atoms with Gasteiger partial charge < -0.3 is 10.3 Å². The molecule has 0 aliphatic heterocycles. The van der Waals surface area contributed by atoms with Crippen molar-refractivity contribution in [1.82, 2.24) is 15.3 Å². The maximum atomic E-state index is 12.3. The van der Waals surface area contributed by atoms with E-state index in [1.165, 1.54) is 11.8 Å². The normalized spacial score (nSPS) is 14.0. The standard InChI is InChI=1S/C18H27N3O2S2/c1-7-13(9(2)3)19-16(22)12(6)24-8-14-20-17(23)15-10(4)11(5)25-18(15)21-14/h9,12-13H,7-8H2,1-6H3,(H,19,22)(H,20,21,23). The van der Waals surface area contributed by atoms with Gasteiger partial charge in [-0.05, 0) is 38.7 Å². The van der Waals surface area contributed by atoms with Crippen molar-refractivity contribution in [3.63, 3.8) is 0 Å². The number of rotatable bonds is 7. The van der Waals surface area contributed by atoms with Crippen molar-refractivity contribution in [1.29, 1.82) is 0 Å². The van der Waals surface area contributed by atoms with Crippen LogP contribution in [0.25, 0.3) is 10.2 Å². The van der Waals surface area contributed by atoms with Gasteiger partial charge in [-0.2, -0.15) is 0 Å². The zero-order valence-corrected chi connectivity index (χ0v) is 17.4. The van der Waals surface area contributed by atoms with Gasteiger partial charge in [0.25, 0.3) is 5.56 Å². The van der Waals surface area contributed by atoms with Gasteiger partial charge >= 0.3 is 0 Å². The van der Waals surface area contributed by atoms with Gasteiger partial charge in [-0.1, -0.05) is 20.8 Å². The van der Waals surface area contributed by atoms with Crippen molar-refractivity contribution in [2.45, 2.75) is 65.0 Å². The number of thioether (sulfide) groups is 1. The van der Waals surface area contributed by atoms with Gasteiger partial charge in [0.05, 0.1) is 16.4 Å². The first-order valence-corrected chi connectivity index (χ1v) is 10.5. The highest BCUT2D eigenvalue weighted by molar-refractivity contribution is 7.99. The van der Waals surface area contributed by atoms with E-state index < -0.39 is 0 Å². The Bertz CT molecular complexity index is 810. The van der Waals surface area contributed by atoms with Crippen LogP contribution < -0.4 is 10.9 Å². The maximum absolute atomic E-state index is 12.3. The molecule has 0 saturated carbocycles. The zero-order valence-electron chi connectivity index (χ0n) is 15.7. The minimum Gasteiger partial charge on any atom is -0.352 e. The number of nitrogens with zero attached hydrogens (tertiary/aromatic N) is 1. The topological polar surface area (TPSA) is 74.8 Å². The number of hydrogen-bond acceptors (Lipinski definition) is 5. The first-order valence-electron chi connectivity index (χ1n) is 8.65. The van der Waals surface area contributed by atoms with Gasteiger partial charge in [0.2, 0.25) is 5.91 Å². The lowest BCUT2D eigenvalue weighted by Crippen LogP contribution is -2.41. The summed E-state index contributed by atoms with van der Waals surface area (Å²) in [5.41, 5.74) is 0.908. The Morgan fingerprint density at radius 3 is 2.60 bits per heavy atom. The first kappa shape index (κ1) is 20.0. The molecule has 0 aromatic carbocycles. The summed E-state index contributed by atoms with van der Waals surface area (Å²) in [5.74, 6) is 1.58. The number of aromatic amines is 1. The Labute approximate surface area is 157 Å². The fraction of sp³-hybridized carbons (Fsp3) is 0.611. The molecule has 2 N–H and O–H groups in total. The van der Waals surface area contributed by atoms with Crippen LogP contribution in [0.15, 0.2) is 4.79 Å². The Hall–Kier alpha value is -1.34. The molecule has 2 aromatic rings. The third-order valence-electron chi connectivity index (χ3n) is 4.50. The van der Waals surface area contributed by atoms with Gasteiger partial charge in [0.1, 0.15) is 10.7 Å². The predicted molar refractivity (Wildman–Crippen MR) is 108 cm³/mol. The number of H-pyrrole nitrogens is 1. The van der Waals surface area contributed by atoms with Crippen LogP contribution >= 0.6 is 23.1 Å². The molecule has 0 radical (unpaired) electrons. The summed E-state index contributed by atoms with van der Waals surface area (Å²) in [6, 6.07) is 0.196. The Balaban J connectivity index is 2.04. The lowest BCUT2D eigenvalue weighted by Gasteiger charge is -2.22. The van der Waals surface area contributed by atoms with E-state index in [-0.39, 0.29) is 22.8 Å². The molecule has 0 saturated heterocycles. The van der Waals surface area contributed by atoms with Crippen LogP contribution in [0.3, 0.4) is 0 Å². The van der Waals surface area contributed by atoms with Crippen molar-refractivity contribution in [3.05, 3.63) is 26.6 Å². The highest BCUT2D eigenvalue weighted by atomic mass is 32.2. The fourth-order valence-corrected chi connectivity index (χ4v) is 4.50. The van der Waals surface area contributed by atoms with Crippen LogP contribution in [0.4, 0.5) is 0 Å². The fourth-order valence-electron chi connectivity index (χ4n) is 2.69. The van der Waals surface area contributed by atoms with Gasteiger partial charge in [0.15, 0.2) is 0 Å². The van der Waals surface area contributed by atoms with Crippen molar-refractivity contribution < 1.29 is 4.79 Å². The molecule has 0 spiro atoms. The number of amides is 1. The lowest BCUT2D eigenvalue weighted by atomic mass is 10.0. The third kappa shape index (κ3) is 4.64. The first-order chi connectivity index (χ1) is 11.7. The van der Waals surface area contributed by atoms with Gasteiger partial charge in [0, 0.05) is 10.9 Å². The van der Waals surface area contributed by atoms with Gasteiger partial charge in [-0.15, -0.1) is 23.1 Å². The van der Waals surface area contributed by atoms with Crippen molar-refractivity contribution in [2.24, 2.45) is 5.92 Å². The quantitative estimate of drug-likeness (QED) is 0.765. The molecule has 0 bridgehead atoms. The van der Waals surface area contributed by atoms with E-state index in [0.29, 0.717) is 22.9 Å². The summed E-state index contributed by atoms with van der Waals surface area (Å²) in [4.78, 5) is 33.9. The number of aromatic nitrogens is 2. The van der Waals surface area contributed by atoms with Crippen LogP contribution in [-0.2, 0) is 10.5 Å². The monoisotopic (exact) mass is 381 g/mol. The van der Waals surface area contributed by atoms with Crippen LogP contribution in [0.5, 0.6) is 0 Å². The largest absolute Gasteiger partial charge is 0.352 e. The summed E-state index contributed by atoms with van der Waals surface area (Å²) in [5, 5.41) is 3.59. The molecule has 2 heterocycles. The molecule has 0 aliphatic rings. The Kier molecular flexibility index (Phi) is 6.68. The molecule has 2 atom stereocenters. The molecule has 2 aromatic heterocycles. The van der Waals surface area contributed by atoms with Crippen LogP contribution in [0.1, 0.15) is 50.4 Å². The summed E-state index contributed by atoms with van der Waals surface area (Å²) in [6.45, 7) is 12.1. The van der Waals surface area contributed by atoms with E-state index in [0.717, 1.165) is 21.7 Å². The molecule has 0 fully saturated rings. The van der Waals surface area contributed by atoms with E-state index in [1.807, 2.05) is 20.8 Å². The number of hydrogen-bond donors (Lipinski definition) is 2. The predicted octanol–water partition coefficient (Wildman–Crippen LogP) is 3.77. The number of fused-ring (bicyclic) bond motifs is 1. The molecular weight excluding hydrogens is 354 g/mol. The third-order valence-corrected chi connectivity index (χ3v) is 6.75. The second-order valence-electron chi connectivity index (χ2n) is 6.70. The van der Waals surface area contributed by atoms with Gasteiger partial charge in [-0.25, -0.2) is 4.98 Å². The average Bonchev–Trinajstić information content (AvgIpc) is 2.84. The molecule has 7 heteroatoms. The summed E-state index contributed by atoms with van der Waals surface area (Å²) >= 11 is 3.03. The van der Waals surface area contributed by atoms with E-state index in [1.54, 1.807) is 11.3 Å². The number of aryl methyl sites for hydroxylation is 2. The molecule has 5 nitrogen and oxygen atoms in total. The molecule has 2 rings (SSSR count). The Morgan fingerprint density at radius 2 is 2.00 bits per heavy atom. The van der Waals surface area contributed by atoms with Crippen LogP contribution in [-0.4, -0.2) is 27.2 Å². The molecule has 25 heavy (non-hydrogen) atoms. The van der Waals surface area contributed by atoms with E-state index in [4.69, 9.17) is 0 Å². The minimum absolute atomic E-state index is 0.0387. The highest BCUT2D eigenvalue weighted by Gasteiger charge is 2.20. The van der Waals surface area contributed by atoms with E-state index in [2.05, 4.69) is 36.1 Å². The number of thiophene rings is 1. The van der Waals surface area contributed by atoms with Crippen molar-refractivity contribution >= 4 is 39.2 Å². The molecule has 1 amide bonds. The van der Waals surface area contributed by atoms with Crippen LogP contribution in [0, 0.1) is 19.8 Å². The second-order valence-corrected chi connectivity index (χ2v) is 9.23. The summed E-state index contributed by atoms with van der Waals surface area (Å²) in [6.07, 6.45) is 0.920. The highest BCUT2D eigenvalue weighted by Crippen LogP contribution is 2.26. The smallest absolute Gasteiger partial charge is 0.259 e.